The summed E-state index contributed by atoms with van der Waals surface area (Å²) in [5.41, 5.74) is 1.36. The molecule has 2 aromatic carbocycles. The second-order valence-corrected chi connectivity index (χ2v) is 9.39. The number of alkyl halides is 3. The highest BCUT2D eigenvalue weighted by Gasteiger charge is 2.31. The van der Waals surface area contributed by atoms with E-state index in [-0.39, 0.29) is 0 Å². The number of carboxylic acids is 1. The van der Waals surface area contributed by atoms with Crippen LogP contribution in [0.3, 0.4) is 0 Å². The van der Waals surface area contributed by atoms with E-state index in [0.29, 0.717) is 24.3 Å². The number of aliphatic imine (C=N–C) groups is 1. The van der Waals surface area contributed by atoms with E-state index in [2.05, 4.69) is 9.89 Å². The van der Waals surface area contributed by atoms with E-state index in [1.165, 1.54) is 26.0 Å². The van der Waals surface area contributed by atoms with Crippen LogP contribution in [-0.2, 0) is 11.0 Å². The van der Waals surface area contributed by atoms with Gasteiger partial charge in [-0.15, -0.1) is 11.8 Å². The van der Waals surface area contributed by atoms with Gasteiger partial charge in [0, 0.05) is 29.8 Å². The SMILES string of the molecule is CC.CC.CSC1=C(N=Cc2ccc(C(F)(F)F)cc2)CCN(c2ccc(OC(C)(C)C(=O)O)c(C)c2)C1. The third kappa shape index (κ3) is 9.11. The number of benzene rings is 2. The minimum absolute atomic E-state index is 0.524. The molecule has 38 heavy (non-hydrogen) atoms. The molecule has 0 saturated carbocycles. The van der Waals surface area contributed by atoms with Crippen LogP contribution in [0.4, 0.5) is 18.9 Å². The molecular formula is C29H39F3N2O3S. The van der Waals surface area contributed by atoms with Crippen molar-refractivity contribution < 1.29 is 27.8 Å². The molecule has 0 unspecified atom stereocenters. The molecule has 210 valence electrons. The van der Waals surface area contributed by atoms with Gasteiger partial charge >= 0.3 is 12.1 Å². The summed E-state index contributed by atoms with van der Waals surface area (Å²) >= 11 is 1.60. The molecule has 5 nitrogen and oxygen atoms in total. The molecule has 3 rings (SSSR count). The van der Waals surface area contributed by atoms with Crippen molar-refractivity contribution in [1.29, 1.82) is 0 Å². The van der Waals surface area contributed by atoms with Crippen molar-refractivity contribution in [1.82, 2.24) is 0 Å². The number of aliphatic carboxylic acids is 1. The number of carboxylic acid groups (broad SMARTS) is 1. The van der Waals surface area contributed by atoms with Crippen LogP contribution in [0.15, 0.2) is 58.1 Å². The van der Waals surface area contributed by atoms with Crippen molar-refractivity contribution in [2.45, 2.75) is 66.7 Å². The predicted molar refractivity (Wildman–Crippen MR) is 153 cm³/mol. The maximum absolute atomic E-state index is 12.7. The molecule has 0 saturated heterocycles. The summed E-state index contributed by atoms with van der Waals surface area (Å²) in [5.74, 6) is -0.512. The zero-order valence-electron chi connectivity index (χ0n) is 23.4. The zero-order chi connectivity index (χ0) is 29.1. The van der Waals surface area contributed by atoms with Crippen molar-refractivity contribution in [2.24, 2.45) is 4.99 Å². The monoisotopic (exact) mass is 552 g/mol. The molecular weight excluding hydrogens is 513 g/mol. The Morgan fingerprint density at radius 2 is 1.68 bits per heavy atom. The molecule has 0 bridgehead atoms. The van der Waals surface area contributed by atoms with Crippen molar-refractivity contribution >= 4 is 29.6 Å². The Morgan fingerprint density at radius 3 is 2.18 bits per heavy atom. The van der Waals surface area contributed by atoms with Gasteiger partial charge < -0.3 is 14.7 Å². The highest BCUT2D eigenvalue weighted by Crippen LogP contribution is 2.33. The smallest absolute Gasteiger partial charge is 0.416 e. The minimum atomic E-state index is -4.35. The van der Waals surface area contributed by atoms with Crippen molar-refractivity contribution in [3.63, 3.8) is 0 Å². The second-order valence-electron chi connectivity index (χ2n) is 8.49. The van der Waals surface area contributed by atoms with E-state index in [1.807, 2.05) is 53.0 Å². The van der Waals surface area contributed by atoms with Gasteiger partial charge in [0.05, 0.1) is 17.8 Å². The van der Waals surface area contributed by atoms with Crippen LogP contribution >= 0.6 is 11.8 Å². The number of rotatable bonds is 7. The summed E-state index contributed by atoms with van der Waals surface area (Å²) in [7, 11) is 0. The van der Waals surface area contributed by atoms with Gasteiger partial charge in [-0.25, -0.2) is 4.79 Å². The largest absolute Gasteiger partial charge is 0.478 e. The number of hydrogen-bond acceptors (Lipinski definition) is 5. The lowest BCUT2D eigenvalue weighted by Crippen LogP contribution is -2.38. The normalized spacial score (nSPS) is 13.9. The van der Waals surface area contributed by atoms with E-state index < -0.39 is 23.3 Å². The molecule has 2 aromatic rings. The van der Waals surface area contributed by atoms with E-state index in [9.17, 15) is 23.1 Å². The Hall–Kier alpha value is -2.94. The first-order valence-corrected chi connectivity index (χ1v) is 13.9. The van der Waals surface area contributed by atoms with Gasteiger partial charge in [-0.2, -0.15) is 13.2 Å². The number of ether oxygens (including phenoxy) is 1. The Balaban J connectivity index is 0.00000172. The van der Waals surface area contributed by atoms with E-state index in [1.54, 1.807) is 24.0 Å². The maximum Gasteiger partial charge on any atom is 0.416 e. The second kappa shape index (κ2) is 14.9. The highest BCUT2D eigenvalue weighted by molar-refractivity contribution is 8.02. The molecule has 1 aliphatic rings. The number of hydrogen-bond donors (Lipinski definition) is 1. The van der Waals surface area contributed by atoms with Crippen LogP contribution in [0, 0.1) is 6.92 Å². The lowest BCUT2D eigenvalue weighted by molar-refractivity contribution is -0.152. The quantitative estimate of drug-likeness (QED) is 0.351. The molecule has 0 atom stereocenters. The fourth-order valence-electron chi connectivity index (χ4n) is 3.44. The summed E-state index contributed by atoms with van der Waals surface area (Å²) in [6, 6.07) is 10.6. The molecule has 1 heterocycles. The number of halogens is 3. The van der Waals surface area contributed by atoms with Crippen molar-refractivity contribution in [2.75, 3.05) is 24.2 Å². The lowest BCUT2D eigenvalue weighted by Gasteiger charge is -2.31. The van der Waals surface area contributed by atoms with Crippen LogP contribution in [0.5, 0.6) is 5.75 Å². The predicted octanol–water partition coefficient (Wildman–Crippen LogP) is 8.21. The number of thioether (sulfide) groups is 1. The molecule has 0 fully saturated rings. The Morgan fingerprint density at radius 1 is 1.08 bits per heavy atom. The first kappa shape index (κ1) is 33.1. The lowest BCUT2D eigenvalue weighted by atomic mass is 10.1. The topological polar surface area (TPSA) is 62.1 Å². The molecule has 1 aliphatic heterocycles. The summed E-state index contributed by atoms with van der Waals surface area (Å²) in [6.45, 7) is 14.3. The molecule has 0 amide bonds. The van der Waals surface area contributed by atoms with Gasteiger partial charge in [-0.3, -0.25) is 4.99 Å². The summed E-state index contributed by atoms with van der Waals surface area (Å²) < 4.78 is 43.9. The Bertz CT molecular complexity index is 1110. The molecule has 0 aliphatic carbocycles. The van der Waals surface area contributed by atoms with Crippen LogP contribution in [-0.4, -0.2) is 42.2 Å². The van der Waals surface area contributed by atoms with Gasteiger partial charge in [0.2, 0.25) is 0 Å². The third-order valence-corrected chi connectivity index (χ3v) is 6.39. The van der Waals surface area contributed by atoms with Crippen LogP contribution in [0.2, 0.25) is 0 Å². The van der Waals surface area contributed by atoms with Crippen LogP contribution < -0.4 is 9.64 Å². The highest BCUT2D eigenvalue weighted by atomic mass is 32.2. The molecule has 0 aromatic heterocycles. The van der Waals surface area contributed by atoms with E-state index >= 15 is 0 Å². The van der Waals surface area contributed by atoms with Gasteiger partial charge in [0.15, 0.2) is 5.60 Å². The zero-order valence-corrected chi connectivity index (χ0v) is 24.3. The fraction of sp³-hybridized carbons (Fsp3) is 0.448. The molecule has 1 N–H and O–H groups in total. The average Bonchev–Trinajstić information content (AvgIpc) is 2.90. The number of carbonyl (C=O) groups is 1. The van der Waals surface area contributed by atoms with Gasteiger partial charge in [-0.05, 0) is 68.5 Å². The minimum Gasteiger partial charge on any atom is -0.478 e. The third-order valence-electron chi connectivity index (χ3n) is 5.53. The molecule has 0 radical (unpaired) electrons. The van der Waals surface area contributed by atoms with Gasteiger partial charge in [0.1, 0.15) is 5.75 Å². The number of anilines is 1. The number of nitrogens with zero attached hydrogens (tertiary/aromatic N) is 2. The molecule has 0 spiro atoms. The average molecular weight is 553 g/mol. The summed E-state index contributed by atoms with van der Waals surface area (Å²) in [4.78, 5) is 19.2. The maximum atomic E-state index is 12.7. The first-order chi connectivity index (χ1) is 17.9. The molecule has 9 heteroatoms. The standard InChI is InChI=1S/C25H27F3N2O3S.2C2H6/c1-16-13-19(9-10-21(16)33-24(2,3)23(31)32)30-12-11-20(22(15-30)34-4)29-14-17-5-7-18(8-6-17)25(26,27)28;2*1-2/h5-10,13-14H,11-12,15H2,1-4H3,(H,31,32);2*1-2H3. The van der Waals surface area contributed by atoms with Gasteiger partial charge in [0.25, 0.3) is 0 Å². The summed E-state index contributed by atoms with van der Waals surface area (Å²) in [6.07, 6.45) is -0.0899. The Kier molecular flexibility index (Phi) is 12.9. The fourth-order valence-corrected chi connectivity index (χ4v) is 4.11. The number of aryl methyl sites for hydroxylation is 1. The van der Waals surface area contributed by atoms with E-state index in [0.717, 1.165) is 40.5 Å². The van der Waals surface area contributed by atoms with Crippen LogP contribution in [0.25, 0.3) is 0 Å². The Labute approximate surface area is 228 Å². The first-order valence-electron chi connectivity index (χ1n) is 12.7. The van der Waals surface area contributed by atoms with Gasteiger partial charge in [-0.1, -0.05) is 39.8 Å². The van der Waals surface area contributed by atoms with Crippen molar-refractivity contribution in [3.05, 3.63) is 69.8 Å². The van der Waals surface area contributed by atoms with Crippen molar-refractivity contribution in [3.8, 4) is 5.75 Å². The summed E-state index contributed by atoms with van der Waals surface area (Å²) in [5, 5.41) is 9.30. The van der Waals surface area contributed by atoms with E-state index in [4.69, 9.17) is 4.74 Å². The van der Waals surface area contributed by atoms with Crippen LogP contribution in [0.1, 0.15) is 64.7 Å².